The molecule has 0 radical (unpaired) electrons. The zero-order valence-electron chi connectivity index (χ0n) is 12.9. The van der Waals surface area contributed by atoms with Crippen molar-refractivity contribution in [2.75, 3.05) is 16.4 Å². The van der Waals surface area contributed by atoms with E-state index >= 15 is 0 Å². The summed E-state index contributed by atoms with van der Waals surface area (Å²) >= 11 is 9.35. The van der Waals surface area contributed by atoms with E-state index in [4.69, 9.17) is 17.3 Å². The highest BCUT2D eigenvalue weighted by atomic mass is 79.9. The van der Waals surface area contributed by atoms with Gasteiger partial charge in [0.05, 0.1) is 5.69 Å². The van der Waals surface area contributed by atoms with Gasteiger partial charge in [-0.2, -0.15) is 0 Å². The van der Waals surface area contributed by atoms with Crippen LogP contribution in [-0.2, 0) is 6.54 Å². The van der Waals surface area contributed by atoms with E-state index in [0.717, 1.165) is 5.56 Å². The zero-order valence-corrected chi connectivity index (χ0v) is 15.3. The molecule has 25 heavy (non-hydrogen) atoms. The fourth-order valence-electron chi connectivity index (χ4n) is 2.18. The summed E-state index contributed by atoms with van der Waals surface area (Å²) in [5.41, 5.74) is 7.57. The highest BCUT2D eigenvalue weighted by Crippen LogP contribution is 2.28. The third-order valence-electron chi connectivity index (χ3n) is 3.47. The molecule has 0 atom stereocenters. The lowest BCUT2D eigenvalue weighted by Crippen LogP contribution is -2.08. The van der Waals surface area contributed by atoms with Crippen LogP contribution in [0.1, 0.15) is 5.56 Å². The molecule has 128 valence electrons. The van der Waals surface area contributed by atoms with Crippen LogP contribution in [0.3, 0.4) is 0 Å². The quantitative estimate of drug-likeness (QED) is 0.541. The summed E-state index contributed by atoms with van der Waals surface area (Å²) in [6.45, 7) is 0.451. The first-order valence-electron chi connectivity index (χ1n) is 7.34. The molecule has 0 amide bonds. The minimum atomic E-state index is -0.419. The number of hydrogen-bond acceptors (Lipinski definition) is 5. The van der Waals surface area contributed by atoms with Crippen molar-refractivity contribution in [2.45, 2.75) is 6.54 Å². The van der Waals surface area contributed by atoms with E-state index in [0.29, 0.717) is 27.7 Å². The minimum Gasteiger partial charge on any atom is -0.393 e. The Labute approximate surface area is 157 Å². The predicted octanol–water partition coefficient (Wildman–Crippen LogP) is 4.97. The smallest absolute Gasteiger partial charge is 0.159 e. The zero-order chi connectivity index (χ0) is 17.8. The molecule has 0 aliphatic carbocycles. The van der Waals surface area contributed by atoms with E-state index in [2.05, 4.69) is 36.5 Å². The van der Waals surface area contributed by atoms with Crippen molar-refractivity contribution in [3.8, 4) is 0 Å². The van der Waals surface area contributed by atoms with Crippen LogP contribution in [0.4, 0.5) is 27.4 Å². The maximum atomic E-state index is 14.0. The molecule has 3 aromatic rings. The fraction of sp³-hybridized carbons (Fsp3) is 0.0588. The average molecular weight is 423 g/mol. The van der Waals surface area contributed by atoms with Crippen LogP contribution in [0.15, 0.2) is 53.3 Å². The number of benzene rings is 2. The molecular formula is C17H14BrClFN5. The molecule has 1 heterocycles. The Morgan fingerprint density at radius 3 is 2.64 bits per heavy atom. The molecule has 4 N–H and O–H groups in total. The molecule has 1 aromatic heterocycles. The first-order chi connectivity index (χ1) is 12.0. The van der Waals surface area contributed by atoms with Gasteiger partial charge in [0.2, 0.25) is 0 Å². The summed E-state index contributed by atoms with van der Waals surface area (Å²) in [7, 11) is 0. The molecule has 0 spiro atoms. The molecule has 0 unspecified atom stereocenters. The van der Waals surface area contributed by atoms with Gasteiger partial charge in [0.15, 0.2) is 11.6 Å². The summed E-state index contributed by atoms with van der Waals surface area (Å²) in [4.78, 5) is 8.21. The van der Waals surface area contributed by atoms with Crippen LogP contribution in [0.2, 0.25) is 5.02 Å². The van der Waals surface area contributed by atoms with E-state index in [9.17, 15) is 4.39 Å². The Morgan fingerprint density at radius 2 is 1.88 bits per heavy atom. The second-order valence-electron chi connectivity index (χ2n) is 5.18. The van der Waals surface area contributed by atoms with Crippen molar-refractivity contribution in [3.63, 3.8) is 0 Å². The SMILES string of the molecule is Nc1c(NCc2ccccc2Cl)ncnc1Nc1ccc(Br)cc1F. The van der Waals surface area contributed by atoms with E-state index in [1.165, 1.54) is 12.4 Å². The lowest BCUT2D eigenvalue weighted by molar-refractivity contribution is 0.631. The van der Waals surface area contributed by atoms with Gasteiger partial charge >= 0.3 is 0 Å². The van der Waals surface area contributed by atoms with E-state index in [1.807, 2.05) is 24.3 Å². The Bertz CT molecular complexity index is 906. The highest BCUT2D eigenvalue weighted by Gasteiger charge is 2.11. The standard InChI is InChI=1S/C17H14BrClFN5/c18-11-5-6-14(13(20)7-11)25-17-15(21)16(23-9-24-17)22-8-10-3-1-2-4-12(10)19/h1-7,9H,8,21H2,(H2,22,23,24,25). The molecular weight excluding hydrogens is 409 g/mol. The van der Waals surface area contributed by atoms with Gasteiger partial charge in [-0.05, 0) is 29.8 Å². The summed E-state index contributed by atoms with van der Waals surface area (Å²) in [5, 5.41) is 6.65. The van der Waals surface area contributed by atoms with Crippen molar-refractivity contribution in [3.05, 3.63) is 69.7 Å². The van der Waals surface area contributed by atoms with Gasteiger partial charge in [0.1, 0.15) is 17.8 Å². The molecule has 2 aromatic carbocycles. The predicted molar refractivity (Wildman–Crippen MR) is 103 cm³/mol. The lowest BCUT2D eigenvalue weighted by Gasteiger charge is -2.13. The largest absolute Gasteiger partial charge is 0.393 e. The molecule has 3 rings (SSSR count). The number of nitrogens with two attached hydrogens (primary N) is 1. The van der Waals surface area contributed by atoms with Crippen molar-refractivity contribution in [1.82, 2.24) is 9.97 Å². The summed E-state index contributed by atoms with van der Waals surface area (Å²) in [6.07, 6.45) is 1.35. The van der Waals surface area contributed by atoms with Crippen LogP contribution in [-0.4, -0.2) is 9.97 Å². The lowest BCUT2D eigenvalue weighted by atomic mass is 10.2. The van der Waals surface area contributed by atoms with Gasteiger partial charge in [0, 0.05) is 16.0 Å². The Kier molecular flexibility index (Phi) is 5.35. The van der Waals surface area contributed by atoms with Gasteiger partial charge in [-0.1, -0.05) is 45.7 Å². The van der Waals surface area contributed by atoms with Crippen LogP contribution < -0.4 is 16.4 Å². The van der Waals surface area contributed by atoms with E-state index in [1.54, 1.807) is 12.1 Å². The van der Waals surface area contributed by atoms with Gasteiger partial charge in [-0.15, -0.1) is 0 Å². The maximum Gasteiger partial charge on any atom is 0.159 e. The molecule has 5 nitrogen and oxygen atoms in total. The second kappa shape index (κ2) is 7.67. The average Bonchev–Trinajstić information content (AvgIpc) is 2.59. The van der Waals surface area contributed by atoms with Crippen LogP contribution in [0.5, 0.6) is 0 Å². The minimum absolute atomic E-state index is 0.269. The fourth-order valence-corrected chi connectivity index (χ4v) is 2.71. The first kappa shape index (κ1) is 17.4. The van der Waals surface area contributed by atoms with Crippen LogP contribution >= 0.6 is 27.5 Å². The molecule has 0 saturated heterocycles. The summed E-state index contributed by atoms with van der Waals surface area (Å²) in [6, 6.07) is 12.1. The number of nitrogens with one attached hydrogen (secondary N) is 2. The number of nitrogens with zero attached hydrogens (tertiary/aromatic N) is 2. The molecule has 0 fully saturated rings. The van der Waals surface area contributed by atoms with Gasteiger partial charge in [0.25, 0.3) is 0 Å². The van der Waals surface area contributed by atoms with Crippen molar-refractivity contribution >= 4 is 50.5 Å². The normalized spacial score (nSPS) is 10.5. The van der Waals surface area contributed by atoms with Crippen molar-refractivity contribution < 1.29 is 4.39 Å². The molecule has 0 aliphatic heterocycles. The number of aromatic nitrogens is 2. The summed E-state index contributed by atoms with van der Waals surface area (Å²) < 4.78 is 14.6. The Balaban J connectivity index is 1.79. The summed E-state index contributed by atoms with van der Waals surface area (Å²) in [5.74, 6) is 0.339. The molecule has 0 saturated carbocycles. The van der Waals surface area contributed by atoms with Crippen molar-refractivity contribution in [2.24, 2.45) is 0 Å². The van der Waals surface area contributed by atoms with E-state index in [-0.39, 0.29) is 11.4 Å². The monoisotopic (exact) mass is 421 g/mol. The van der Waals surface area contributed by atoms with Crippen LogP contribution in [0, 0.1) is 5.82 Å². The topological polar surface area (TPSA) is 75.9 Å². The Morgan fingerprint density at radius 1 is 1.12 bits per heavy atom. The number of hydrogen-bond donors (Lipinski definition) is 3. The molecule has 8 heteroatoms. The van der Waals surface area contributed by atoms with Crippen LogP contribution in [0.25, 0.3) is 0 Å². The van der Waals surface area contributed by atoms with Gasteiger partial charge < -0.3 is 16.4 Å². The van der Waals surface area contributed by atoms with Crippen molar-refractivity contribution in [1.29, 1.82) is 0 Å². The number of nitrogen functional groups attached to an aromatic ring is 1. The second-order valence-corrected chi connectivity index (χ2v) is 6.50. The third kappa shape index (κ3) is 4.18. The molecule has 0 bridgehead atoms. The number of anilines is 4. The molecule has 0 aliphatic rings. The number of halogens is 3. The van der Waals surface area contributed by atoms with Gasteiger partial charge in [-0.25, -0.2) is 14.4 Å². The first-order valence-corrected chi connectivity index (χ1v) is 8.51. The highest BCUT2D eigenvalue weighted by molar-refractivity contribution is 9.10. The van der Waals surface area contributed by atoms with Gasteiger partial charge in [-0.3, -0.25) is 0 Å². The van der Waals surface area contributed by atoms with E-state index < -0.39 is 5.82 Å². The maximum absolute atomic E-state index is 14.0. The number of rotatable bonds is 5. The Hall–Kier alpha value is -2.38. The third-order valence-corrected chi connectivity index (χ3v) is 4.33.